The molecule has 0 spiro atoms. The summed E-state index contributed by atoms with van der Waals surface area (Å²) in [6.45, 7) is 5.32. The van der Waals surface area contributed by atoms with Gasteiger partial charge in [0.05, 0.1) is 24.3 Å². The number of carbonyl (C=O) groups is 1. The van der Waals surface area contributed by atoms with Crippen LogP contribution in [0.4, 0.5) is 0 Å². The van der Waals surface area contributed by atoms with Gasteiger partial charge in [-0.25, -0.2) is 0 Å². The minimum absolute atomic E-state index is 0.0499. The molecule has 19 heavy (non-hydrogen) atoms. The van der Waals surface area contributed by atoms with Crippen molar-refractivity contribution in [3.05, 3.63) is 32.4 Å². The number of morpholine rings is 1. The predicted molar refractivity (Wildman–Crippen MR) is 84.7 cm³/mol. The fourth-order valence-corrected chi connectivity index (χ4v) is 2.99. The molecule has 0 N–H and O–H groups in total. The second-order valence-electron chi connectivity index (χ2n) is 4.79. The summed E-state index contributed by atoms with van der Waals surface area (Å²) in [5, 5.41) is 0.595. The molecule has 0 radical (unpaired) electrons. The molecule has 104 valence electrons. The molecule has 0 aromatic heterocycles. The molecule has 1 aromatic carbocycles. The lowest BCUT2D eigenvalue weighted by atomic mass is 10.1. The second kappa shape index (κ2) is 6.41. The maximum atomic E-state index is 12.7. The number of amides is 1. The van der Waals surface area contributed by atoms with Gasteiger partial charge in [-0.1, -0.05) is 18.5 Å². The summed E-state index contributed by atoms with van der Waals surface area (Å²) in [6.07, 6.45) is 0.985. The second-order valence-corrected chi connectivity index (χ2v) is 6.39. The summed E-state index contributed by atoms with van der Waals surface area (Å²) >= 11 is 8.18. The number of nitrogens with zero attached hydrogens (tertiary/aromatic N) is 1. The van der Waals surface area contributed by atoms with Gasteiger partial charge in [-0.2, -0.15) is 0 Å². The van der Waals surface area contributed by atoms with Crippen molar-refractivity contribution >= 4 is 40.1 Å². The molecular weight excluding hydrogens is 377 g/mol. The van der Waals surface area contributed by atoms with E-state index in [1.165, 1.54) is 0 Å². The first-order chi connectivity index (χ1) is 9.02. The molecule has 2 unspecified atom stereocenters. The number of rotatable bonds is 2. The van der Waals surface area contributed by atoms with Crippen molar-refractivity contribution in [2.75, 3.05) is 13.2 Å². The zero-order valence-electron chi connectivity index (χ0n) is 11.0. The Hall–Kier alpha value is -0.330. The number of ether oxygens (including phenoxy) is 1. The molecule has 1 aliphatic heterocycles. The third kappa shape index (κ3) is 3.41. The van der Waals surface area contributed by atoms with E-state index in [4.69, 9.17) is 16.3 Å². The summed E-state index contributed by atoms with van der Waals surface area (Å²) in [4.78, 5) is 14.6. The van der Waals surface area contributed by atoms with E-state index in [2.05, 4.69) is 29.5 Å². The van der Waals surface area contributed by atoms with Crippen molar-refractivity contribution in [1.29, 1.82) is 0 Å². The molecule has 0 aliphatic carbocycles. The average molecular weight is 394 g/mol. The van der Waals surface area contributed by atoms with Gasteiger partial charge >= 0.3 is 0 Å². The van der Waals surface area contributed by atoms with Crippen LogP contribution in [-0.4, -0.2) is 36.1 Å². The van der Waals surface area contributed by atoms with Crippen LogP contribution in [0.3, 0.4) is 0 Å². The van der Waals surface area contributed by atoms with Gasteiger partial charge in [-0.15, -0.1) is 0 Å². The summed E-state index contributed by atoms with van der Waals surface area (Å²) in [7, 11) is 0. The van der Waals surface area contributed by atoms with Gasteiger partial charge in [0.15, 0.2) is 0 Å². The topological polar surface area (TPSA) is 29.5 Å². The van der Waals surface area contributed by atoms with Crippen LogP contribution in [0.5, 0.6) is 0 Å². The van der Waals surface area contributed by atoms with Crippen LogP contribution in [0, 0.1) is 3.57 Å². The Balaban J connectivity index is 2.28. The average Bonchev–Trinajstić information content (AvgIpc) is 2.40. The lowest BCUT2D eigenvalue weighted by Crippen LogP contribution is -2.51. The molecule has 1 aliphatic rings. The highest BCUT2D eigenvalue weighted by molar-refractivity contribution is 14.1. The minimum Gasteiger partial charge on any atom is -0.375 e. The fourth-order valence-electron chi connectivity index (χ4n) is 2.25. The molecule has 1 fully saturated rings. The minimum atomic E-state index is 0.0499. The first-order valence-corrected chi connectivity index (χ1v) is 7.86. The first-order valence-electron chi connectivity index (χ1n) is 6.40. The third-order valence-corrected chi connectivity index (χ3v) is 4.53. The van der Waals surface area contributed by atoms with Crippen LogP contribution >= 0.6 is 34.2 Å². The molecule has 0 saturated carbocycles. The van der Waals surface area contributed by atoms with Gasteiger partial charge in [0.1, 0.15) is 0 Å². The van der Waals surface area contributed by atoms with Crippen LogP contribution in [0.2, 0.25) is 5.02 Å². The van der Waals surface area contributed by atoms with E-state index in [0.717, 1.165) is 9.99 Å². The van der Waals surface area contributed by atoms with E-state index in [9.17, 15) is 4.79 Å². The molecule has 1 aromatic rings. The van der Waals surface area contributed by atoms with Gasteiger partial charge in [0.25, 0.3) is 5.91 Å². The van der Waals surface area contributed by atoms with E-state index in [1.54, 1.807) is 12.1 Å². The predicted octanol–water partition coefficient (Wildman–Crippen LogP) is 3.58. The quantitative estimate of drug-likeness (QED) is 0.719. The molecule has 0 bridgehead atoms. The Kier molecular flexibility index (Phi) is 5.09. The van der Waals surface area contributed by atoms with Gasteiger partial charge in [0, 0.05) is 15.1 Å². The van der Waals surface area contributed by atoms with Crippen molar-refractivity contribution < 1.29 is 9.53 Å². The molecule has 2 atom stereocenters. The van der Waals surface area contributed by atoms with Crippen molar-refractivity contribution in [1.82, 2.24) is 4.90 Å². The molecule has 3 nitrogen and oxygen atoms in total. The number of hydrogen-bond acceptors (Lipinski definition) is 2. The summed E-state index contributed by atoms with van der Waals surface area (Å²) in [5.41, 5.74) is 0.681. The van der Waals surface area contributed by atoms with E-state index in [-0.39, 0.29) is 18.1 Å². The normalized spacial score (nSPS) is 23.5. The lowest BCUT2D eigenvalue weighted by molar-refractivity contribution is -0.0444. The van der Waals surface area contributed by atoms with Crippen molar-refractivity contribution in [3.8, 4) is 0 Å². The van der Waals surface area contributed by atoms with Gasteiger partial charge in [0.2, 0.25) is 0 Å². The number of hydrogen-bond donors (Lipinski definition) is 0. The van der Waals surface area contributed by atoms with Crippen LogP contribution in [-0.2, 0) is 4.74 Å². The SMILES string of the molecule is CCC1COC(C)CN1C(=O)c1cc(Cl)ccc1I. The van der Waals surface area contributed by atoms with Crippen LogP contribution in [0.15, 0.2) is 18.2 Å². The van der Waals surface area contributed by atoms with Gasteiger partial charge in [-0.05, 0) is 54.1 Å². The summed E-state index contributed by atoms with van der Waals surface area (Å²) < 4.78 is 6.56. The lowest BCUT2D eigenvalue weighted by Gasteiger charge is -2.38. The van der Waals surface area contributed by atoms with Crippen LogP contribution < -0.4 is 0 Å². The number of carbonyl (C=O) groups excluding carboxylic acids is 1. The largest absolute Gasteiger partial charge is 0.375 e. The van der Waals surface area contributed by atoms with Crippen molar-refractivity contribution in [2.24, 2.45) is 0 Å². The summed E-state index contributed by atoms with van der Waals surface area (Å²) in [6, 6.07) is 5.58. The Labute approximate surface area is 132 Å². The highest BCUT2D eigenvalue weighted by Crippen LogP contribution is 2.23. The standard InChI is InChI=1S/C14H17ClINO2/c1-3-11-8-19-9(2)7-17(11)14(18)12-6-10(15)4-5-13(12)16/h4-6,9,11H,3,7-8H2,1-2H3. The number of benzene rings is 1. The highest BCUT2D eigenvalue weighted by atomic mass is 127. The highest BCUT2D eigenvalue weighted by Gasteiger charge is 2.30. The third-order valence-electron chi connectivity index (χ3n) is 3.36. The molecule has 5 heteroatoms. The van der Waals surface area contributed by atoms with Crippen LogP contribution in [0.25, 0.3) is 0 Å². The van der Waals surface area contributed by atoms with Crippen LogP contribution in [0.1, 0.15) is 30.6 Å². The maximum absolute atomic E-state index is 12.7. The Morgan fingerprint density at radius 3 is 3.00 bits per heavy atom. The zero-order valence-corrected chi connectivity index (χ0v) is 13.9. The maximum Gasteiger partial charge on any atom is 0.255 e. The first kappa shape index (κ1) is 15.1. The molecule has 1 heterocycles. The van der Waals surface area contributed by atoms with E-state index in [1.807, 2.05) is 17.9 Å². The smallest absolute Gasteiger partial charge is 0.255 e. The zero-order chi connectivity index (χ0) is 14.0. The summed E-state index contributed by atoms with van der Waals surface area (Å²) in [5.74, 6) is 0.0499. The van der Waals surface area contributed by atoms with E-state index >= 15 is 0 Å². The Morgan fingerprint density at radius 1 is 1.58 bits per heavy atom. The molecule has 1 amide bonds. The van der Waals surface area contributed by atoms with Crippen molar-refractivity contribution in [2.45, 2.75) is 32.4 Å². The van der Waals surface area contributed by atoms with Gasteiger partial charge < -0.3 is 9.64 Å². The van der Waals surface area contributed by atoms with E-state index < -0.39 is 0 Å². The molecule has 2 rings (SSSR count). The monoisotopic (exact) mass is 393 g/mol. The van der Waals surface area contributed by atoms with Crippen molar-refractivity contribution in [3.63, 3.8) is 0 Å². The molecule has 1 saturated heterocycles. The molecular formula is C14H17ClINO2. The Bertz CT molecular complexity index is 481. The van der Waals surface area contributed by atoms with E-state index in [0.29, 0.717) is 23.7 Å². The Morgan fingerprint density at radius 2 is 2.32 bits per heavy atom. The van der Waals surface area contributed by atoms with Gasteiger partial charge in [-0.3, -0.25) is 4.79 Å². The number of halogens is 2. The fraction of sp³-hybridized carbons (Fsp3) is 0.500.